The first-order chi connectivity index (χ1) is 10.2. The monoisotopic (exact) mass is 326 g/mol. The number of amides is 1. The van der Waals surface area contributed by atoms with Gasteiger partial charge in [0.2, 0.25) is 0 Å². The van der Waals surface area contributed by atoms with Crippen LogP contribution in [-0.4, -0.2) is 36.2 Å². The lowest BCUT2D eigenvalue weighted by Gasteiger charge is -2.37. The number of ether oxygens (including phenoxy) is 1. The average molecular weight is 327 g/mol. The van der Waals surface area contributed by atoms with E-state index in [9.17, 15) is 4.79 Å². The van der Waals surface area contributed by atoms with Crippen LogP contribution in [0.15, 0.2) is 30.3 Å². The van der Waals surface area contributed by atoms with Crippen molar-refractivity contribution in [2.75, 3.05) is 13.1 Å². The van der Waals surface area contributed by atoms with Gasteiger partial charge in [0.05, 0.1) is 0 Å². The van der Waals surface area contributed by atoms with Gasteiger partial charge in [0.15, 0.2) is 0 Å². The predicted molar refractivity (Wildman–Crippen MR) is 91.4 cm³/mol. The van der Waals surface area contributed by atoms with Gasteiger partial charge in [-0.2, -0.15) is 0 Å². The molecule has 1 unspecified atom stereocenters. The highest BCUT2D eigenvalue weighted by molar-refractivity contribution is 5.85. The molecule has 1 heterocycles. The number of carbonyl (C=O) groups is 1. The summed E-state index contributed by atoms with van der Waals surface area (Å²) in [5, 5.41) is 3.34. The van der Waals surface area contributed by atoms with Crippen molar-refractivity contribution in [3.8, 4) is 0 Å². The number of halogens is 1. The molecule has 0 aromatic heterocycles. The Bertz CT molecular complexity index is 436. The fraction of sp³-hybridized carbons (Fsp3) is 0.588. The molecular formula is C17H27ClN2O2. The zero-order chi connectivity index (χ0) is 15.1. The molecule has 0 spiro atoms. The van der Waals surface area contributed by atoms with Gasteiger partial charge in [-0.05, 0) is 44.8 Å². The predicted octanol–water partition coefficient (Wildman–Crippen LogP) is 3.60. The maximum Gasteiger partial charge on any atom is 0.410 e. The van der Waals surface area contributed by atoms with Gasteiger partial charge in [-0.3, -0.25) is 0 Å². The molecule has 1 atom stereocenters. The van der Waals surface area contributed by atoms with E-state index >= 15 is 0 Å². The smallest absolute Gasteiger partial charge is 0.410 e. The third-order valence-corrected chi connectivity index (χ3v) is 4.18. The van der Waals surface area contributed by atoms with Crippen LogP contribution in [0.4, 0.5) is 4.79 Å². The summed E-state index contributed by atoms with van der Waals surface area (Å²) in [6.45, 7) is 6.51. The molecule has 5 heteroatoms. The second kappa shape index (κ2) is 9.70. The highest BCUT2D eigenvalue weighted by atomic mass is 35.5. The first-order valence-electron chi connectivity index (χ1n) is 7.92. The van der Waals surface area contributed by atoms with Crippen molar-refractivity contribution in [1.29, 1.82) is 0 Å². The van der Waals surface area contributed by atoms with Gasteiger partial charge in [-0.15, -0.1) is 12.4 Å². The van der Waals surface area contributed by atoms with Crippen LogP contribution in [0.1, 0.15) is 38.7 Å². The molecule has 22 heavy (non-hydrogen) atoms. The van der Waals surface area contributed by atoms with Crippen molar-refractivity contribution < 1.29 is 9.53 Å². The van der Waals surface area contributed by atoms with Gasteiger partial charge in [0, 0.05) is 12.1 Å². The quantitative estimate of drug-likeness (QED) is 0.899. The number of piperidine rings is 1. The molecule has 0 bridgehead atoms. The Kier molecular flexibility index (Phi) is 8.28. The lowest BCUT2D eigenvalue weighted by atomic mass is 10.0. The molecular weight excluding hydrogens is 300 g/mol. The molecule has 1 aliphatic rings. The van der Waals surface area contributed by atoms with E-state index in [1.165, 1.54) is 0 Å². The molecule has 0 radical (unpaired) electrons. The largest absolute Gasteiger partial charge is 0.445 e. The van der Waals surface area contributed by atoms with Gasteiger partial charge < -0.3 is 15.0 Å². The highest BCUT2D eigenvalue weighted by Gasteiger charge is 2.29. The molecule has 124 valence electrons. The van der Waals surface area contributed by atoms with Crippen molar-refractivity contribution >= 4 is 18.5 Å². The van der Waals surface area contributed by atoms with E-state index in [0.717, 1.165) is 37.9 Å². The summed E-state index contributed by atoms with van der Waals surface area (Å²) in [4.78, 5) is 14.4. The van der Waals surface area contributed by atoms with Crippen LogP contribution >= 0.6 is 12.4 Å². The molecule has 0 aliphatic carbocycles. The number of rotatable bonds is 5. The number of nitrogens with zero attached hydrogens (tertiary/aromatic N) is 1. The third-order valence-electron chi connectivity index (χ3n) is 4.18. The molecule has 4 nitrogen and oxygen atoms in total. The highest BCUT2D eigenvalue weighted by Crippen LogP contribution is 2.19. The van der Waals surface area contributed by atoms with E-state index < -0.39 is 0 Å². The zero-order valence-electron chi connectivity index (χ0n) is 13.5. The first-order valence-corrected chi connectivity index (χ1v) is 7.92. The fourth-order valence-corrected chi connectivity index (χ4v) is 2.76. The lowest BCUT2D eigenvalue weighted by molar-refractivity contribution is 0.0555. The summed E-state index contributed by atoms with van der Waals surface area (Å²) in [6.07, 6.45) is 2.78. The van der Waals surface area contributed by atoms with Gasteiger partial charge in [0.1, 0.15) is 6.61 Å². The van der Waals surface area contributed by atoms with Crippen LogP contribution in [0, 0.1) is 0 Å². The van der Waals surface area contributed by atoms with Gasteiger partial charge >= 0.3 is 6.09 Å². The zero-order valence-corrected chi connectivity index (χ0v) is 14.3. The van der Waals surface area contributed by atoms with E-state index in [2.05, 4.69) is 19.2 Å². The topological polar surface area (TPSA) is 41.6 Å². The normalized spacial score (nSPS) is 16.5. The summed E-state index contributed by atoms with van der Waals surface area (Å²) in [5.74, 6) is 0. The number of benzene rings is 1. The first kappa shape index (κ1) is 18.8. The van der Waals surface area contributed by atoms with Crippen molar-refractivity contribution in [2.24, 2.45) is 0 Å². The second-order valence-electron chi connectivity index (χ2n) is 5.69. The molecule has 1 N–H and O–H groups in total. The minimum atomic E-state index is -0.180. The molecule has 1 aromatic carbocycles. The van der Waals surface area contributed by atoms with Crippen molar-refractivity contribution in [3.63, 3.8) is 0 Å². The number of hydrogen-bond acceptors (Lipinski definition) is 3. The minimum absolute atomic E-state index is 0. The van der Waals surface area contributed by atoms with Crippen molar-refractivity contribution in [1.82, 2.24) is 10.2 Å². The summed E-state index contributed by atoms with van der Waals surface area (Å²) in [5.41, 5.74) is 1.03. The standard InChI is InChI=1S/C17H26N2O2.ClH/c1-3-14(2)19(16-9-11-18-12-10-16)17(20)21-13-15-7-5-4-6-8-15;/h4-8,14,16,18H,3,9-13H2,1-2H3;1H. The van der Waals surface area contributed by atoms with E-state index in [-0.39, 0.29) is 24.5 Å². The van der Waals surface area contributed by atoms with Crippen LogP contribution in [0.3, 0.4) is 0 Å². The van der Waals surface area contributed by atoms with Gasteiger partial charge in [0.25, 0.3) is 0 Å². The second-order valence-corrected chi connectivity index (χ2v) is 5.69. The fourth-order valence-electron chi connectivity index (χ4n) is 2.76. The summed E-state index contributed by atoms with van der Waals surface area (Å²) < 4.78 is 5.53. The summed E-state index contributed by atoms with van der Waals surface area (Å²) in [7, 11) is 0. The Morgan fingerprint density at radius 1 is 1.32 bits per heavy atom. The van der Waals surface area contributed by atoms with E-state index in [0.29, 0.717) is 12.6 Å². The summed E-state index contributed by atoms with van der Waals surface area (Å²) >= 11 is 0. The van der Waals surface area contributed by atoms with E-state index in [4.69, 9.17) is 4.74 Å². The third kappa shape index (κ3) is 5.18. The van der Waals surface area contributed by atoms with E-state index in [1.807, 2.05) is 35.2 Å². The van der Waals surface area contributed by atoms with Gasteiger partial charge in [-0.1, -0.05) is 37.3 Å². The maximum absolute atomic E-state index is 12.5. The van der Waals surface area contributed by atoms with Crippen molar-refractivity contribution in [2.45, 2.75) is 51.8 Å². The molecule has 1 amide bonds. The van der Waals surface area contributed by atoms with Crippen LogP contribution in [-0.2, 0) is 11.3 Å². The molecule has 1 saturated heterocycles. The van der Waals surface area contributed by atoms with Crippen molar-refractivity contribution in [3.05, 3.63) is 35.9 Å². The Morgan fingerprint density at radius 2 is 1.95 bits per heavy atom. The Balaban J connectivity index is 0.00000242. The minimum Gasteiger partial charge on any atom is -0.445 e. The Labute approximate surface area is 139 Å². The van der Waals surface area contributed by atoms with E-state index in [1.54, 1.807) is 0 Å². The Hall–Kier alpha value is -1.26. The molecule has 1 fully saturated rings. The number of hydrogen-bond donors (Lipinski definition) is 1. The van der Waals surface area contributed by atoms with Crippen LogP contribution < -0.4 is 5.32 Å². The lowest BCUT2D eigenvalue weighted by Crippen LogP contribution is -2.50. The number of nitrogens with one attached hydrogen (secondary N) is 1. The van der Waals surface area contributed by atoms with Gasteiger partial charge in [-0.25, -0.2) is 4.79 Å². The van der Waals surface area contributed by atoms with Crippen LogP contribution in [0.5, 0.6) is 0 Å². The average Bonchev–Trinajstić information content (AvgIpc) is 2.55. The molecule has 0 saturated carbocycles. The maximum atomic E-state index is 12.5. The Morgan fingerprint density at radius 3 is 2.55 bits per heavy atom. The molecule has 1 aromatic rings. The molecule has 2 rings (SSSR count). The summed E-state index contributed by atoms with van der Waals surface area (Å²) in [6, 6.07) is 10.4. The SMILES string of the molecule is CCC(C)N(C(=O)OCc1ccccc1)C1CCNCC1.Cl. The van der Waals surface area contributed by atoms with Crippen LogP contribution in [0.2, 0.25) is 0 Å². The van der Waals surface area contributed by atoms with Crippen LogP contribution in [0.25, 0.3) is 0 Å². The number of carbonyl (C=O) groups excluding carboxylic acids is 1. The molecule has 1 aliphatic heterocycles.